The van der Waals surface area contributed by atoms with E-state index in [1.165, 1.54) is 6.07 Å². The fourth-order valence-corrected chi connectivity index (χ4v) is 1.22. The first-order chi connectivity index (χ1) is 5.77. The van der Waals surface area contributed by atoms with Gasteiger partial charge in [-0.05, 0) is 19.1 Å². The van der Waals surface area contributed by atoms with Crippen molar-refractivity contribution in [2.75, 3.05) is 0 Å². The third kappa shape index (κ3) is 0.993. The van der Waals surface area contributed by atoms with E-state index in [4.69, 9.17) is 0 Å². The lowest BCUT2D eigenvalue weighted by molar-refractivity contribution is 1.01. The molecule has 0 saturated carbocycles. The summed E-state index contributed by atoms with van der Waals surface area (Å²) >= 11 is 0. The summed E-state index contributed by atoms with van der Waals surface area (Å²) in [6, 6.07) is 7.11. The predicted octanol–water partition coefficient (Wildman–Crippen LogP) is 1.00. The predicted molar refractivity (Wildman–Crippen MR) is 46.2 cm³/mol. The van der Waals surface area contributed by atoms with Gasteiger partial charge in [0.15, 0.2) is 0 Å². The maximum Gasteiger partial charge on any atom is 0.273 e. The summed E-state index contributed by atoms with van der Waals surface area (Å²) in [5.74, 6) is 0. The van der Waals surface area contributed by atoms with Crippen LogP contribution in [0.5, 0.6) is 0 Å². The van der Waals surface area contributed by atoms with Gasteiger partial charge in [0.2, 0.25) is 0 Å². The summed E-state index contributed by atoms with van der Waals surface area (Å²) in [6.45, 7) is 1.88. The van der Waals surface area contributed by atoms with Crippen LogP contribution in [0.3, 0.4) is 0 Å². The zero-order chi connectivity index (χ0) is 8.55. The molecule has 2 aromatic rings. The normalized spacial score (nSPS) is 10.4. The average Bonchev–Trinajstić information content (AvgIpc) is 2.04. The minimum atomic E-state index is -0.182. The molecule has 0 bridgehead atoms. The average molecular weight is 160 g/mol. The molecular formula is C9H8N2O. The van der Waals surface area contributed by atoms with Crippen LogP contribution in [0.2, 0.25) is 0 Å². The Balaban J connectivity index is 2.99. The minimum absolute atomic E-state index is 0.182. The van der Waals surface area contributed by atoms with E-state index in [2.05, 4.69) is 4.98 Å². The lowest BCUT2D eigenvalue weighted by atomic mass is 10.4. The largest absolute Gasteiger partial charge is 0.306 e. The van der Waals surface area contributed by atoms with Gasteiger partial charge in [0.1, 0.15) is 5.65 Å². The molecule has 0 spiro atoms. The van der Waals surface area contributed by atoms with Crippen LogP contribution in [0.25, 0.3) is 5.65 Å². The van der Waals surface area contributed by atoms with Crippen molar-refractivity contribution in [2.24, 2.45) is 0 Å². The third-order valence-electron chi connectivity index (χ3n) is 1.78. The Morgan fingerprint density at radius 3 is 3.08 bits per heavy atom. The fourth-order valence-electron chi connectivity index (χ4n) is 1.22. The van der Waals surface area contributed by atoms with Crippen molar-refractivity contribution >= 4 is 5.65 Å². The topological polar surface area (TPSA) is 34.4 Å². The van der Waals surface area contributed by atoms with Crippen LogP contribution >= 0.6 is 0 Å². The molecule has 60 valence electrons. The molecule has 3 heteroatoms. The van der Waals surface area contributed by atoms with Crippen molar-refractivity contribution in [3.63, 3.8) is 0 Å². The molecule has 2 heterocycles. The number of pyridine rings is 1. The number of aromatic nitrogens is 2. The molecule has 0 aliphatic carbocycles. The summed E-state index contributed by atoms with van der Waals surface area (Å²) in [4.78, 5) is 14.8. The van der Waals surface area contributed by atoms with Gasteiger partial charge in [-0.3, -0.25) is 4.79 Å². The van der Waals surface area contributed by atoms with Crippen LogP contribution in [0, 0.1) is 6.92 Å². The van der Waals surface area contributed by atoms with Crippen LogP contribution in [0.1, 0.15) is 5.69 Å². The first-order valence-electron chi connectivity index (χ1n) is 3.72. The molecule has 0 fully saturated rings. The number of rotatable bonds is 0. The zero-order valence-corrected chi connectivity index (χ0v) is 6.69. The molecule has 2 aromatic heterocycles. The molecule has 0 aliphatic heterocycles. The highest BCUT2D eigenvalue weighted by atomic mass is 16.1. The van der Waals surface area contributed by atoms with E-state index in [0.717, 1.165) is 5.69 Å². The van der Waals surface area contributed by atoms with Gasteiger partial charge in [0, 0.05) is 18.0 Å². The van der Waals surface area contributed by atoms with Gasteiger partial charge in [0.25, 0.3) is 5.56 Å². The molecule has 0 atom stereocenters. The van der Waals surface area contributed by atoms with Gasteiger partial charge < -0.3 is 4.40 Å². The molecule has 0 N–H and O–H groups in total. The van der Waals surface area contributed by atoms with Gasteiger partial charge in [-0.25, -0.2) is 0 Å². The highest BCUT2D eigenvalue weighted by Crippen LogP contribution is 1.99. The van der Waals surface area contributed by atoms with E-state index in [9.17, 15) is 4.79 Å². The van der Waals surface area contributed by atoms with Gasteiger partial charge in [-0.15, -0.1) is 0 Å². The fraction of sp³-hybridized carbons (Fsp3) is 0.111. The summed E-state index contributed by atoms with van der Waals surface area (Å²) in [5.41, 5.74) is 1.42. The molecule has 3 nitrogen and oxygen atoms in total. The smallest absolute Gasteiger partial charge is 0.273 e. The molecule has 0 saturated heterocycles. The Labute approximate surface area is 69.3 Å². The first kappa shape index (κ1) is 7.03. The van der Waals surface area contributed by atoms with Gasteiger partial charge >= 0.3 is 0 Å². The number of nitrogens with zero attached hydrogens (tertiary/aromatic N) is 2. The van der Waals surface area contributed by atoms with Crippen molar-refractivity contribution in [1.82, 2.24) is 9.38 Å². The van der Waals surface area contributed by atoms with Crippen LogP contribution in [0.4, 0.5) is 0 Å². The van der Waals surface area contributed by atoms with Crippen LogP contribution in [-0.4, -0.2) is 9.38 Å². The van der Waals surface area contributed by atoms with Gasteiger partial charge in [-0.2, -0.15) is 4.98 Å². The van der Waals surface area contributed by atoms with Crippen molar-refractivity contribution in [3.8, 4) is 0 Å². The van der Waals surface area contributed by atoms with E-state index < -0.39 is 0 Å². The molecule has 0 amide bonds. The summed E-state index contributed by atoms with van der Waals surface area (Å²) in [5, 5.41) is 0. The Morgan fingerprint density at radius 2 is 2.25 bits per heavy atom. The monoisotopic (exact) mass is 160 g/mol. The molecule has 0 unspecified atom stereocenters. The Kier molecular flexibility index (Phi) is 1.43. The van der Waals surface area contributed by atoms with E-state index in [0.29, 0.717) is 5.65 Å². The first-order valence-corrected chi connectivity index (χ1v) is 3.72. The quantitative estimate of drug-likeness (QED) is 0.576. The van der Waals surface area contributed by atoms with E-state index in [-0.39, 0.29) is 5.56 Å². The maximum absolute atomic E-state index is 11.0. The van der Waals surface area contributed by atoms with E-state index >= 15 is 0 Å². The number of hydrogen-bond acceptors (Lipinski definition) is 2. The van der Waals surface area contributed by atoms with Gasteiger partial charge in [0.05, 0.1) is 0 Å². The van der Waals surface area contributed by atoms with Crippen LogP contribution < -0.4 is 5.56 Å². The molecule has 12 heavy (non-hydrogen) atoms. The highest BCUT2D eigenvalue weighted by Gasteiger charge is 1.95. The van der Waals surface area contributed by atoms with Crippen molar-refractivity contribution < 1.29 is 0 Å². The van der Waals surface area contributed by atoms with Crippen molar-refractivity contribution in [2.45, 2.75) is 6.92 Å². The standard InChI is InChI=1S/C9H8N2O/c1-7-6-9(12)10-8-4-2-3-5-11(7)8/h2-6H,1H3. The van der Waals surface area contributed by atoms with Crippen LogP contribution in [0.15, 0.2) is 35.3 Å². The second-order valence-corrected chi connectivity index (χ2v) is 2.66. The molecule has 2 rings (SSSR count). The summed E-state index contributed by atoms with van der Waals surface area (Å²) in [7, 11) is 0. The Hall–Kier alpha value is -1.64. The molecule has 0 aliphatic rings. The second-order valence-electron chi connectivity index (χ2n) is 2.66. The lowest BCUT2D eigenvalue weighted by Crippen LogP contribution is -2.09. The maximum atomic E-state index is 11.0. The number of fused-ring (bicyclic) bond motifs is 1. The Morgan fingerprint density at radius 1 is 1.42 bits per heavy atom. The summed E-state index contributed by atoms with van der Waals surface area (Å²) in [6.07, 6.45) is 1.89. The van der Waals surface area contributed by atoms with Crippen LogP contribution in [-0.2, 0) is 0 Å². The second kappa shape index (κ2) is 2.44. The molecule has 0 aromatic carbocycles. The molecular weight excluding hydrogens is 152 g/mol. The lowest BCUT2D eigenvalue weighted by Gasteiger charge is -2.01. The minimum Gasteiger partial charge on any atom is -0.306 e. The third-order valence-corrected chi connectivity index (χ3v) is 1.78. The number of aryl methyl sites for hydroxylation is 1. The van der Waals surface area contributed by atoms with Gasteiger partial charge in [-0.1, -0.05) is 6.07 Å². The summed E-state index contributed by atoms with van der Waals surface area (Å²) < 4.78 is 1.88. The highest BCUT2D eigenvalue weighted by molar-refractivity contribution is 5.38. The number of hydrogen-bond donors (Lipinski definition) is 0. The van der Waals surface area contributed by atoms with Crippen molar-refractivity contribution in [1.29, 1.82) is 0 Å². The molecule has 0 radical (unpaired) electrons. The van der Waals surface area contributed by atoms with E-state index in [1.807, 2.05) is 35.7 Å². The SMILES string of the molecule is Cc1cc(=O)nc2ccccn12. The van der Waals surface area contributed by atoms with Crippen molar-refractivity contribution in [3.05, 3.63) is 46.5 Å². The van der Waals surface area contributed by atoms with E-state index in [1.54, 1.807) is 0 Å². The zero-order valence-electron chi connectivity index (χ0n) is 6.69. The Bertz CT molecular complexity index is 473.